The van der Waals surface area contributed by atoms with E-state index in [1.54, 1.807) is 0 Å². The van der Waals surface area contributed by atoms with Gasteiger partial charge in [0.05, 0.1) is 6.10 Å². The molecule has 4 rings (SSSR count). The van der Waals surface area contributed by atoms with Crippen molar-refractivity contribution < 1.29 is 4.74 Å². The highest BCUT2D eigenvalue weighted by Crippen LogP contribution is 2.52. The Hall–Kier alpha value is -1.47. The summed E-state index contributed by atoms with van der Waals surface area (Å²) >= 11 is 6.28. The zero-order valence-electron chi connectivity index (χ0n) is 12.9. The van der Waals surface area contributed by atoms with Gasteiger partial charge in [0, 0.05) is 5.02 Å². The molecule has 0 bridgehead atoms. The van der Waals surface area contributed by atoms with Crippen molar-refractivity contribution in [2.24, 2.45) is 11.8 Å². The first-order valence-corrected chi connectivity index (χ1v) is 8.56. The van der Waals surface area contributed by atoms with E-state index in [1.807, 2.05) is 6.07 Å². The van der Waals surface area contributed by atoms with Crippen molar-refractivity contribution in [3.05, 3.63) is 64.2 Å². The Bertz CT molecular complexity index is 667. The summed E-state index contributed by atoms with van der Waals surface area (Å²) in [4.78, 5) is 0. The fraction of sp³-hybridized carbons (Fsp3) is 0.400. The molecule has 0 heterocycles. The summed E-state index contributed by atoms with van der Waals surface area (Å²) in [5.74, 6) is 2.94. The van der Waals surface area contributed by atoms with Crippen LogP contribution < -0.4 is 4.74 Å². The molecule has 2 fully saturated rings. The standard InChI is InChI=1S/C20H21ClO/c1-13-2-7-20(21)17(8-13)9-14-3-5-18(6-4-14)22-19-11-15-10-16(15)12-19/h2-8,15-16,19H,9-12H2,1H3/t15-,16+,19-. The second-order valence-corrected chi connectivity index (χ2v) is 7.29. The zero-order valence-corrected chi connectivity index (χ0v) is 13.6. The summed E-state index contributed by atoms with van der Waals surface area (Å²) in [6.07, 6.45) is 5.27. The van der Waals surface area contributed by atoms with Crippen LogP contribution in [0, 0.1) is 18.8 Å². The third-order valence-corrected chi connectivity index (χ3v) is 5.39. The number of ether oxygens (including phenoxy) is 1. The predicted molar refractivity (Wildman–Crippen MR) is 90.7 cm³/mol. The topological polar surface area (TPSA) is 9.23 Å². The van der Waals surface area contributed by atoms with E-state index >= 15 is 0 Å². The maximum absolute atomic E-state index is 6.28. The second kappa shape index (κ2) is 5.62. The molecule has 114 valence electrons. The molecule has 0 spiro atoms. The molecule has 2 heteroatoms. The molecule has 2 aromatic rings. The Morgan fingerprint density at radius 3 is 2.45 bits per heavy atom. The fourth-order valence-corrected chi connectivity index (χ4v) is 3.88. The third-order valence-electron chi connectivity index (χ3n) is 5.02. The summed E-state index contributed by atoms with van der Waals surface area (Å²) in [5.41, 5.74) is 3.71. The third kappa shape index (κ3) is 3.01. The molecule has 2 aliphatic carbocycles. The first-order chi connectivity index (χ1) is 10.7. The molecule has 2 aromatic carbocycles. The smallest absolute Gasteiger partial charge is 0.119 e. The lowest BCUT2D eigenvalue weighted by atomic mass is 10.0. The van der Waals surface area contributed by atoms with Crippen molar-refractivity contribution in [2.45, 2.75) is 38.7 Å². The summed E-state index contributed by atoms with van der Waals surface area (Å²) in [6.45, 7) is 2.10. The zero-order chi connectivity index (χ0) is 15.1. The quantitative estimate of drug-likeness (QED) is 0.732. The number of fused-ring (bicyclic) bond motifs is 1. The second-order valence-electron chi connectivity index (χ2n) is 6.88. The molecule has 0 amide bonds. The number of aryl methyl sites for hydroxylation is 1. The van der Waals surface area contributed by atoms with Crippen molar-refractivity contribution in [3.63, 3.8) is 0 Å². The normalized spacial score (nSPS) is 25.8. The summed E-state index contributed by atoms with van der Waals surface area (Å²) in [5, 5.41) is 0.844. The molecule has 0 aliphatic heterocycles. The maximum Gasteiger partial charge on any atom is 0.119 e. The van der Waals surface area contributed by atoms with Gasteiger partial charge in [-0.05, 0) is 73.8 Å². The Kier molecular flexibility index (Phi) is 3.62. The van der Waals surface area contributed by atoms with Gasteiger partial charge in [0.2, 0.25) is 0 Å². The van der Waals surface area contributed by atoms with Gasteiger partial charge in [-0.25, -0.2) is 0 Å². The molecule has 22 heavy (non-hydrogen) atoms. The van der Waals surface area contributed by atoms with Crippen molar-refractivity contribution in [1.29, 1.82) is 0 Å². The average molecular weight is 313 g/mol. The molecule has 1 nitrogen and oxygen atoms in total. The highest BCUT2D eigenvalue weighted by Gasteiger charge is 2.46. The maximum atomic E-state index is 6.28. The van der Waals surface area contributed by atoms with E-state index in [1.165, 1.54) is 36.0 Å². The molecular weight excluding hydrogens is 292 g/mol. The van der Waals surface area contributed by atoms with E-state index in [2.05, 4.69) is 43.3 Å². The van der Waals surface area contributed by atoms with Gasteiger partial charge in [-0.15, -0.1) is 0 Å². The van der Waals surface area contributed by atoms with Crippen LogP contribution in [0.3, 0.4) is 0 Å². The van der Waals surface area contributed by atoms with Crippen molar-refractivity contribution in [2.75, 3.05) is 0 Å². The van der Waals surface area contributed by atoms with Gasteiger partial charge < -0.3 is 4.74 Å². The van der Waals surface area contributed by atoms with Gasteiger partial charge in [0.1, 0.15) is 5.75 Å². The first kappa shape index (κ1) is 14.1. The predicted octanol–water partition coefficient (Wildman–Crippen LogP) is 5.42. The Morgan fingerprint density at radius 1 is 1.00 bits per heavy atom. The fourth-order valence-electron chi connectivity index (χ4n) is 3.69. The Balaban J connectivity index is 1.41. The largest absolute Gasteiger partial charge is 0.490 e. The van der Waals surface area contributed by atoms with E-state index in [9.17, 15) is 0 Å². The van der Waals surface area contributed by atoms with E-state index in [0.717, 1.165) is 29.0 Å². The van der Waals surface area contributed by atoms with Crippen LogP contribution in [0.25, 0.3) is 0 Å². The molecule has 0 radical (unpaired) electrons. The lowest BCUT2D eigenvalue weighted by Crippen LogP contribution is -2.13. The average Bonchev–Trinajstić information content (AvgIpc) is 3.12. The van der Waals surface area contributed by atoms with Gasteiger partial charge in [-0.2, -0.15) is 0 Å². The highest BCUT2D eigenvalue weighted by atomic mass is 35.5. The molecule has 2 aliphatic rings. The molecule has 0 unspecified atom stereocenters. The van der Waals surface area contributed by atoms with E-state index < -0.39 is 0 Å². The van der Waals surface area contributed by atoms with Crippen LogP contribution in [0.5, 0.6) is 5.75 Å². The minimum absolute atomic E-state index is 0.445. The Labute approximate surface area is 137 Å². The van der Waals surface area contributed by atoms with Crippen molar-refractivity contribution in [3.8, 4) is 5.75 Å². The van der Waals surface area contributed by atoms with Crippen LogP contribution in [-0.2, 0) is 6.42 Å². The summed E-state index contributed by atoms with van der Waals surface area (Å²) in [6, 6.07) is 14.7. The minimum atomic E-state index is 0.445. The number of hydrogen-bond donors (Lipinski definition) is 0. The van der Waals surface area contributed by atoms with E-state index in [-0.39, 0.29) is 0 Å². The van der Waals surface area contributed by atoms with Gasteiger partial charge in [-0.1, -0.05) is 41.4 Å². The minimum Gasteiger partial charge on any atom is -0.490 e. The number of rotatable bonds is 4. The number of halogens is 1. The molecule has 2 saturated carbocycles. The molecule has 3 atom stereocenters. The molecule has 0 N–H and O–H groups in total. The molecule has 0 aromatic heterocycles. The highest BCUT2D eigenvalue weighted by molar-refractivity contribution is 6.31. The van der Waals surface area contributed by atoms with Crippen LogP contribution in [0.15, 0.2) is 42.5 Å². The van der Waals surface area contributed by atoms with Crippen LogP contribution in [0.4, 0.5) is 0 Å². The lowest BCUT2D eigenvalue weighted by molar-refractivity contribution is 0.194. The van der Waals surface area contributed by atoms with Crippen LogP contribution >= 0.6 is 11.6 Å². The van der Waals surface area contributed by atoms with Crippen molar-refractivity contribution in [1.82, 2.24) is 0 Å². The van der Waals surface area contributed by atoms with Crippen molar-refractivity contribution >= 4 is 11.6 Å². The Morgan fingerprint density at radius 2 is 1.73 bits per heavy atom. The summed E-state index contributed by atoms with van der Waals surface area (Å²) in [7, 11) is 0. The molecular formula is C20H21ClO. The van der Waals surface area contributed by atoms with Gasteiger partial charge in [0.25, 0.3) is 0 Å². The first-order valence-electron chi connectivity index (χ1n) is 8.18. The van der Waals surface area contributed by atoms with Gasteiger partial charge >= 0.3 is 0 Å². The van der Waals surface area contributed by atoms with Gasteiger partial charge in [-0.3, -0.25) is 0 Å². The van der Waals surface area contributed by atoms with Crippen LogP contribution in [-0.4, -0.2) is 6.10 Å². The van der Waals surface area contributed by atoms with Crippen LogP contribution in [0.2, 0.25) is 5.02 Å². The monoisotopic (exact) mass is 312 g/mol. The van der Waals surface area contributed by atoms with E-state index in [4.69, 9.17) is 16.3 Å². The number of hydrogen-bond acceptors (Lipinski definition) is 1. The summed E-state index contributed by atoms with van der Waals surface area (Å²) < 4.78 is 6.10. The van der Waals surface area contributed by atoms with Gasteiger partial charge in [0.15, 0.2) is 0 Å². The van der Waals surface area contributed by atoms with Crippen LogP contribution in [0.1, 0.15) is 36.0 Å². The van der Waals surface area contributed by atoms with E-state index in [0.29, 0.717) is 6.10 Å². The lowest BCUT2D eigenvalue weighted by Gasteiger charge is -2.15. The SMILES string of the molecule is Cc1ccc(Cl)c(Cc2ccc(O[C@H]3C[C@@H]4C[C@@H]4C3)cc2)c1. The molecule has 0 saturated heterocycles. The number of benzene rings is 2.